The van der Waals surface area contributed by atoms with Crippen LogP contribution >= 0.6 is 0 Å². The Morgan fingerprint density at radius 1 is 0.750 bits per heavy atom. The average molecular weight is 723 g/mol. The van der Waals surface area contributed by atoms with Gasteiger partial charge in [0.15, 0.2) is 0 Å². The van der Waals surface area contributed by atoms with E-state index >= 15 is 0 Å². The molecule has 2 aromatic carbocycles. The summed E-state index contributed by atoms with van der Waals surface area (Å²) in [4.78, 5) is 94.7. The number of ether oxygens (including phenoxy) is 1. The van der Waals surface area contributed by atoms with E-state index in [4.69, 9.17) is 4.74 Å². The summed E-state index contributed by atoms with van der Waals surface area (Å²) in [6.45, 7) is 3.11. The van der Waals surface area contributed by atoms with Crippen molar-refractivity contribution >= 4 is 41.6 Å². The molecule has 282 valence electrons. The summed E-state index contributed by atoms with van der Waals surface area (Å²) in [7, 11) is 8.29. The molecule has 2 aromatic rings. The van der Waals surface area contributed by atoms with Crippen molar-refractivity contribution in [1.29, 1.82) is 0 Å². The molecular formula is C37H50N6O9. The standard InChI is InChI=1S/C37H50N6O9/c1-9-22(2)33(39-37(51)52-21-27-25-16-12-10-14-23(25)24-15-11-13-17-26(24)27)34(48)38-20-31(45)43(8)28(35(49)40(3)4)18-30(44)42(7)29(19-32(46)47)36(50)41(5)6/h10-17,22,27-29,33H,9,18-21H2,1-8H3,(H,38,48)(H,39,51)(H,46,47)/t22-,28-,29-,33-/m0/s1. The lowest BCUT2D eigenvalue weighted by Gasteiger charge is -2.33. The Balaban J connectivity index is 1.67. The summed E-state index contributed by atoms with van der Waals surface area (Å²) in [6.07, 6.45) is -1.49. The first-order valence-corrected chi connectivity index (χ1v) is 17.0. The van der Waals surface area contributed by atoms with Crippen molar-refractivity contribution in [2.24, 2.45) is 5.92 Å². The lowest BCUT2D eigenvalue weighted by molar-refractivity contribution is -0.151. The summed E-state index contributed by atoms with van der Waals surface area (Å²) >= 11 is 0. The Bertz CT molecular complexity index is 1620. The van der Waals surface area contributed by atoms with E-state index in [1.807, 2.05) is 55.5 Å². The number of hydrogen-bond donors (Lipinski definition) is 3. The zero-order chi connectivity index (χ0) is 38.9. The highest BCUT2D eigenvalue weighted by Crippen LogP contribution is 2.44. The monoisotopic (exact) mass is 722 g/mol. The highest BCUT2D eigenvalue weighted by Gasteiger charge is 2.36. The van der Waals surface area contributed by atoms with Gasteiger partial charge in [-0.2, -0.15) is 0 Å². The number of alkyl carbamates (subject to hydrolysis) is 1. The average Bonchev–Trinajstić information content (AvgIpc) is 3.44. The number of carbonyl (C=O) groups is 7. The minimum absolute atomic E-state index is 0.0492. The Morgan fingerprint density at radius 3 is 1.71 bits per heavy atom. The Morgan fingerprint density at radius 2 is 1.23 bits per heavy atom. The van der Waals surface area contributed by atoms with Gasteiger partial charge in [0.25, 0.3) is 0 Å². The van der Waals surface area contributed by atoms with Gasteiger partial charge in [0.05, 0.1) is 19.4 Å². The van der Waals surface area contributed by atoms with Gasteiger partial charge in [-0.15, -0.1) is 0 Å². The van der Waals surface area contributed by atoms with Gasteiger partial charge in [0, 0.05) is 48.2 Å². The van der Waals surface area contributed by atoms with Crippen molar-refractivity contribution in [3.63, 3.8) is 0 Å². The van der Waals surface area contributed by atoms with E-state index in [1.165, 1.54) is 47.2 Å². The summed E-state index contributed by atoms with van der Waals surface area (Å²) < 4.78 is 5.64. The van der Waals surface area contributed by atoms with Crippen LogP contribution in [0.4, 0.5) is 4.79 Å². The molecule has 15 heteroatoms. The van der Waals surface area contributed by atoms with Gasteiger partial charge in [-0.1, -0.05) is 68.8 Å². The third-order valence-corrected chi connectivity index (χ3v) is 9.44. The molecule has 0 fully saturated rings. The first-order chi connectivity index (χ1) is 24.5. The molecule has 15 nitrogen and oxygen atoms in total. The second-order valence-corrected chi connectivity index (χ2v) is 13.4. The highest BCUT2D eigenvalue weighted by molar-refractivity contribution is 5.96. The Kier molecular flexibility index (Phi) is 14.3. The molecule has 0 bridgehead atoms. The largest absolute Gasteiger partial charge is 0.481 e. The summed E-state index contributed by atoms with van der Waals surface area (Å²) in [5, 5.41) is 14.5. The molecule has 0 saturated heterocycles. The maximum Gasteiger partial charge on any atom is 0.407 e. The van der Waals surface area contributed by atoms with Crippen LogP contribution in [0.25, 0.3) is 11.1 Å². The zero-order valence-electron chi connectivity index (χ0n) is 31.0. The van der Waals surface area contributed by atoms with Crippen LogP contribution in [0.15, 0.2) is 48.5 Å². The maximum atomic E-state index is 13.4. The summed E-state index contributed by atoms with van der Waals surface area (Å²) in [5.74, 6) is -5.14. The number of benzene rings is 2. The van der Waals surface area contributed by atoms with E-state index in [2.05, 4.69) is 10.6 Å². The molecule has 3 rings (SSSR count). The molecule has 52 heavy (non-hydrogen) atoms. The fraction of sp³-hybridized carbons (Fsp3) is 0.486. The number of nitrogens with one attached hydrogen (secondary N) is 2. The summed E-state index contributed by atoms with van der Waals surface area (Å²) in [5.41, 5.74) is 4.23. The Hall–Kier alpha value is -5.47. The number of fused-ring (bicyclic) bond motifs is 3. The van der Waals surface area contributed by atoms with Gasteiger partial charge >= 0.3 is 12.1 Å². The highest BCUT2D eigenvalue weighted by atomic mass is 16.5. The number of rotatable bonds is 16. The van der Waals surface area contributed by atoms with Crippen molar-refractivity contribution in [1.82, 2.24) is 30.2 Å². The van der Waals surface area contributed by atoms with Crippen LogP contribution < -0.4 is 10.6 Å². The molecule has 0 heterocycles. The van der Waals surface area contributed by atoms with Crippen molar-refractivity contribution in [2.75, 3.05) is 55.4 Å². The first-order valence-electron chi connectivity index (χ1n) is 17.0. The molecule has 3 N–H and O–H groups in total. The minimum atomic E-state index is -1.34. The third-order valence-electron chi connectivity index (χ3n) is 9.44. The molecule has 6 amide bonds. The summed E-state index contributed by atoms with van der Waals surface area (Å²) in [6, 6.07) is 12.1. The van der Waals surface area contributed by atoms with Crippen LogP contribution in [0.5, 0.6) is 0 Å². The fourth-order valence-corrected chi connectivity index (χ4v) is 6.06. The lowest BCUT2D eigenvalue weighted by Crippen LogP contribution is -2.55. The van der Waals surface area contributed by atoms with Crippen LogP contribution in [0, 0.1) is 5.92 Å². The molecule has 0 aromatic heterocycles. The minimum Gasteiger partial charge on any atom is -0.481 e. The van der Waals surface area contributed by atoms with Crippen molar-refractivity contribution in [3.05, 3.63) is 59.7 Å². The van der Waals surface area contributed by atoms with Gasteiger partial charge in [-0.3, -0.25) is 28.8 Å². The second kappa shape index (κ2) is 18.1. The quantitative estimate of drug-likeness (QED) is 0.232. The molecule has 1 aliphatic rings. The third kappa shape index (κ3) is 9.86. The van der Waals surface area contributed by atoms with Crippen LogP contribution in [-0.4, -0.2) is 140 Å². The number of aliphatic carboxylic acids is 1. The molecule has 4 atom stereocenters. The number of nitrogens with zero attached hydrogens (tertiary/aromatic N) is 4. The van der Waals surface area contributed by atoms with Gasteiger partial charge in [0.2, 0.25) is 29.5 Å². The van der Waals surface area contributed by atoms with Crippen molar-refractivity contribution in [2.45, 2.75) is 57.2 Å². The number of carboxylic acid groups (broad SMARTS) is 1. The number of carboxylic acids is 1. The van der Waals surface area contributed by atoms with E-state index in [0.717, 1.165) is 37.0 Å². The topological polar surface area (TPSA) is 186 Å². The first kappa shape index (κ1) is 41.0. The van der Waals surface area contributed by atoms with Crippen LogP contribution in [-0.2, 0) is 33.5 Å². The van der Waals surface area contributed by atoms with E-state index in [-0.39, 0.29) is 18.4 Å². The van der Waals surface area contributed by atoms with Crippen molar-refractivity contribution < 1.29 is 43.4 Å². The SMILES string of the molecule is CC[C@H](C)[C@H](NC(=O)OCC1c2ccccc2-c2ccccc21)C(=O)NCC(=O)N(C)[C@@H](CC(=O)N(C)[C@@H](CC(=O)O)C(=O)N(C)C)C(=O)N(C)C. The lowest BCUT2D eigenvalue weighted by atomic mass is 9.98. The predicted molar refractivity (Wildman–Crippen MR) is 192 cm³/mol. The molecule has 0 unspecified atom stereocenters. The molecular weight excluding hydrogens is 672 g/mol. The molecule has 0 spiro atoms. The van der Waals surface area contributed by atoms with E-state index in [9.17, 15) is 38.7 Å². The smallest absolute Gasteiger partial charge is 0.407 e. The van der Waals surface area contributed by atoms with Gasteiger partial charge in [-0.25, -0.2) is 4.79 Å². The normalized spacial score (nSPS) is 14.0. The van der Waals surface area contributed by atoms with Gasteiger partial charge in [0.1, 0.15) is 24.7 Å². The molecule has 0 saturated carbocycles. The van der Waals surface area contributed by atoms with Gasteiger partial charge < -0.3 is 40.1 Å². The van der Waals surface area contributed by atoms with E-state index in [1.54, 1.807) is 6.92 Å². The molecule has 0 aliphatic heterocycles. The Labute approximate surface area is 304 Å². The van der Waals surface area contributed by atoms with Gasteiger partial charge in [-0.05, 0) is 28.2 Å². The van der Waals surface area contributed by atoms with Crippen LogP contribution in [0.1, 0.15) is 50.2 Å². The number of likely N-dealkylation sites (N-methyl/N-ethyl adjacent to an activating group) is 4. The van der Waals surface area contributed by atoms with E-state index < -0.39 is 79.1 Å². The zero-order valence-corrected chi connectivity index (χ0v) is 31.0. The maximum absolute atomic E-state index is 13.4. The van der Waals surface area contributed by atoms with Crippen LogP contribution in [0.3, 0.4) is 0 Å². The second-order valence-electron chi connectivity index (χ2n) is 13.4. The fourth-order valence-electron chi connectivity index (χ4n) is 6.06. The number of hydrogen-bond acceptors (Lipinski definition) is 8. The number of carbonyl (C=O) groups excluding carboxylic acids is 6. The van der Waals surface area contributed by atoms with Crippen LogP contribution in [0.2, 0.25) is 0 Å². The predicted octanol–water partition coefficient (Wildman–Crippen LogP) is 1.75. The number of amides is 6. The van der Waals surface area contributed by atoms with Crippen molar-refractivity contribution in [3.8, 4) is 11.1 Å². The molecule has 1 aliphatic carbocycles. The van der Waals surface area contributed by atoms with E-state index in [0.29, 0.717) is 6.42 Å². The molecule has 0 radical (unpaired) electrons.